The number of H-pyrrole nitrogens is 1. The van der Waals surface area contributed by atoms with Crippen molar-refractivity contribution in [3.63, 3.8) is 0 Å². The van der Waals surface area contributed by atoms with Crippen molar-refractivity contribution in [2.24, 2.45) is 0 Å². The minimum Gasteiger partial charge on any atom is -0.389 e. The van der Waals surface area contributed by atoms with Gasteiger partial charge in [0.25, 0.3) is 0 Å². The maximum atomic E-state index is 9.68. The fourth-order valence-electron chi connectivity index (χ4n) is 1.95. The Hall–Kier alpha value is -1.28. The Balaban J connectivity index is 2.63. The number of rotatable bonds is 1. The van der Waals surface area contributed by atoms with Crippen molar-refractivity contribution < 1.29 is 5.11 Å². The molecule has 1 atom stereocenters. The molecule has 2 rings (SSSR count). The van der Waals surface area contributed by atoms with Gasteiger partial charge >= 0.3 is 0 Å². The normalized spacial score (nSPS) is 14.3. The second-order valence-corrected chi connectivity index (χ2v) is 5.43. The molecule has 0 unspecified atom stereocenters. The molecule has 1 heterocycles. The van der Waals surface area contributed by atoms with Crippen LogP contribution in [-0.2, 0) is 5.41 Å². The molecule has 0 radical (unpaired) electrons. The molecule has 0 aliphatic carbocycles. The van der Waals surface area contributed by atoms with E-state index in [4.69, 9.17) is 0 Å². The van der Waals surface area contributed by atoms with Gasteiger partial charge in [-0.2, -0.15) is 0 Å². The minimum absolute atomic E-state index is 0.140. The highest BCUT2D eigenvalue weighted by molar-refractivity contribution is 5.84. The molecule has 1 aromatic heterocycles. The molecule has 0 spiro atoms. The van der Waals surface area contributed by atoms with Gasteiger partial charge in [0.2, 0.25) is 0 Å². The summed E-state index contributed by atoms with van der Waals surface area (Å²) >= 11 is 0. The maximum Gasteiger partial charge on any atom is 0.0782 e. The second-order valence-electron chi connectivity index (χ2n) is 5.43. The smallest absolute Gasteiger partial charge is 0.0782 e. The van der Waals surface area contributed by atoms with Crippen molar-refractivity contribution >= 4 is 10.9 Å². The van der Waals surface area contributed by atoms with Gasteiger partial charge < -0.3 is 10.1 Å². The summed E-state index contributed by atoms with van der Waals surface area (Å²) < 4.78 is 0. The molecule has 0 aliphatic heterocycles. The summed E-state index contributed by atoms with van der Waals surface area (Å²) in [5.41, 5.74) is 3.49. The topological polar surface area (TPSA) is 36.0 Å². The molecule has 16 heavy (non-hydrogen) atoms. The number of aliphatic hydroxyl groups excluding tert-OH is 1. The average molecular weight is 217 g/mol. The van der Waals surface area contributed by atoms with E-state index in [0.717, 1.165) is 16.5 Å². The van der Waals surface area contributed by atoms with Crippen LogP contribution in [0.2, 0.25) is 0 Å². The fraction of sp³-hybridized carbons (Fsp3) is 0.429. The van der Waals surface area contributed by atoms with Crippen molar-refractivity contribution in [1.82, 2.24) is 4.98 Å². The van der Waals surface area contributed by atoms with Gasteiger partial charge in [0.05, 0.1) is 6.10 Å². The van der Waals surface area contributed by atoms with Crippen molar-refractivity contribution in [3.8, 4) is 0 Å². The summed E-state index contributed by atoms with van der Waals surface area (Å²) in [4.78, 5) is 3.19. The number of benzene rings is 1. The number of hydrogen-bond donors (Lipinski definition) is 2. The first-order chi connectivity index (χ1) is 7.39. The van der Waals surface area contributed by atoms with E-state index in [2.05, 4.69) is 44.0 Å². The van der Waals surface area contributed by atoms with Crippen molar-refractivity contribution in [2.45, 2.75) is 39.2 Å². The summed E-state index contributed by atoms with van der Waals surface area (Å²) in [6, 6.07) is 6.40. The summed E-state index contributed by atoms with van der Waals surface area (Å²) in [5, 5.41) is 10.8. The Kier molecular flexibility index (Phi) is 2.55. The third kappa shape index (κ3) is 1.85. The van der Waals surface area contributed by atoms with E-state index in [9.17, 15) is 5.11 Å². The molecular formula is C14H19NO. The Morgan fingerprint density at radius 3 is 2.50 bits per heavy atom. The number of fused-ring (bicyclic) bond motifs is 1. The standard InChI is InChI=1S/C14H19NO/c1-9(16)12-8-15-13-6-5-10(7-11(12)13)14(2,3)4/h5-9,15-16H,1-4H3/t9-/m0/s1. The van der Waals surface area contributed by atoms with Gasteiger partial charge in [0, 0.05) is 22.7 Å². The monoisotopic (exact) mass is 217 g/mol. The molecule has 2 heteroatoms. The molecule has 1 aromatic carbocycles. The highest BCUT2D eigenvalue weighted by Crippen LogP contribution is 2.29. The van der Waals surface area contributed by atoms with Crippen LogP contribution < -0.4 is 0 Å². The zero-order chi connectivity index (χ0) is 11.9. The van der Waals surface area contributed by atoms with E-state index >= 15 is 0 Å². The van der Waals surface area contributed by atoms with Crippen LogP contribution in [0.3, 0.4) is 0 Å². The molecule has 0 saturated heterocycles. The van der Waals surface area contributed by atoms with E-state index in [0.29, 0.717) is 0 Å². The van der Waals surface area contributed by atoms with Gasteiger partial charge in [-0.3, -0.25) is 0 Å². The van der Waals surface area contributed by atoms with Crippen molar-refractivity contribution in [1.29, 1.82) is 0 Å². The third-order valence-corrected chi connectivity index (χ3v) is 3.03. The molecule has 86 valence electrons. The van der Waals surface area contributed by atoms with Crippen LogP contribution >= 0.6 is 0 Å². The van der Waals surface area contributed by atoms with Crippen LogP contribution in [0.1, 0.15) is 44.9 Å². The molecule has 0 saturated carbocycles. The van der Waals surface area contributed by atoms with Crippen LogP contribution in [0.4, 0.5) is 0 Å². The first-order valence-corrected chi connectivity index (χ1v) is 5.69. The highest BCUT2D eigenvalue weighted by atomic mass is 16.3. The summed E-state index contributed by atoms with van der Waals surface area (Å²) in [5.74, 6) is 0. The van der Waals surface area contributed by atoms with Gasteiger partial charge in [-0.1, -0.05) is 26.8 Å². The van der Waals surface area contributed by atoms with Crippen LogP contribution in [0.15, 0.2) is 24.4 Å². The van der Waals surface area contributed by atoms with E-state index in [1.807, 2.05) is 6.20 Å². The minimum atomic E-state index is -0.427. The van der Waals surface area contributed by atoms with Gasteiger partial charge in [-0.15, -0.1) is 0 Å². The maximum absolute atomic E-state index is 9.68. The molecule has 0 bridgehead atoms. The SMILES string of the molecule is C[C@H](O)c1c[nH]c2ccc(C(C)(C)C)cc12. The van der Waals surface area contributed by atoms with Crippen LogP contribution in [0, 0.1) is 0 Å². The highest BCUT2D eigenvalue weighted by Gasteiger charge is 2.16. The van der Waals surface area contributed by atoms with Crippen molar-refractivity contribution in [3.05, 3.63) is 35.5 Å². The largest absolute Gasteiger partial charge is 0.389 e. The van der Waals surface area contributed by atoms with E-state index in [1.54, 1.807) is 6.92 Å². The van der Waals surface area contributed by atoms with Crippen LogP contribution in [0.5, 0.6) is 0 Å². The predicted octanol–water partition coefficient (Wildman–Crippen LogP) is 3.52. The average Bonchev–Trinajstić information content (AvgIpc) is 2.58. The molecule has 2 nitrogen and oxygen atoms in total. The zero-order valence-corrected chi connectivity index (χ0v) is 10.3. The molecule has 0 amide bonds. The second kappa shape index (κ2) is 3.63. The third-order valence-electron chi connectivity index (χ3n) is 3.03. The number of hydrogen-bond acceptors (Lipinski definition) is 1. The quantitative estimate of drug-likeness (QED) is 0.753. The number of aliphatic hydroxyl groups is 1. The summed E-state index contributed by atoms with van der Waals surface area (Å²) in [6.45, 7) is 8.39. The summed E-state index contributed by atoms with van der Waals surface area (Å²) in [6.07, 6.45) is 1.46. The van der Waals surface area contributed by atoms with Gasteiger partial charge in [-0.25, -0.2) is 0 Å². The fourth-order valence-corrected chi connectivity index (χ4v) is 1.95. The molecule has 0 aliphatic rings. The van der Waals surface area contributed by atoms with E-state index < -0.39 is 6.10 Å². The Morgan fingerprint density at radius 2 is 1.94 bits per heavy atom. The van der Waals surface area contributed by atoms with E-state index in [-0.39, 0.29) is 5.41 Å². The lowest BCUT2D eigenvalue weighted by Crippen LogP contribution is -2.10. The summed E-state index contributed by atoms with van der Waals surface area (Å²) in [7, 11) is 0. The first-order valence-electron chi connectivity index (χ1n) is 5.69. The molecule has 0 fully saturated rings. The predicted molar refractivity (Wildman–Crippen MR) is 67.6 cm³/mol. The number of aromatic nitrogens is 1. The van der Waals surface area contributed by atoms with E-state index in [1.165, 1.54) is 5.56 Å². The lowest BCUT2D eigenvalue weighted by molar-refractivity contribution is 0.201. The molecule has 2 aromatic rings. The van der Waals surface area contributed by atoms with Gasteiger partial charge in [0.15, 0.2) is 0 Å². The Labute approximate surface area is 96.3 Å². The van der Waals surface area contributed by atoms with Gasteiger partial charge in [0.1, 0.15) is 0 Å². The van der Waals surface area contributed by atoms with Gasteiger partial charge in [-0.05, 0) is 30.0 Å². The lowest BCUT2D eigenvalue weighted by atomic mass is 9.86. The number of aromatic amines is 1. The van der Waals surface area contributed by atoms with Crippen molar-refractivity contribution in [2.75, 3.05) is 0 Å². The first kappa shape index (κ1) is 11.2. The molecular weight excluding hydrogens is 198 g/mol. The van der Waals surface area contributed by atoms with Crippen LogP contribution in [0.25, 0.3) is 10.9 Å². The zero-order valence-electron chi connectivity index (χ0n) is 10.3. The molecule has 2 N–H and O–H groups in total. The Morgan fingerprint density at radius 1 is 1.25 bits per heavy atom. The lowest BCUT2D eigenvalue weighted by Gasteiger charge is -2.19. The number of nitrogens with one attached hydrogen (secondary N) is 1. The Bertz CT molecular complexity index is 503. The van der Waals surface area contributed by atoms with Crippen LogP contribution in [-0.4, -0.2) is 10.1 Å².